The predicted molar refractivity (Wildman–Crippen MR) is 71.8 cm³/mol. The van der Waals surface area contributed by atoms with Crippen LogP contribution in [-0.2, 0) is 5.75 Å². The quantitative estimate of drug-likeness (QED) is 0.669. The van der Waals surface area contributed by atoms with E-state index < -0.39 is 0 Å². The first-order valence-electron chi connectivity index (χ1n) is 6.10. The SMILES string of the molecule is CC(C)CCCNCCSCc1ccco1. The molecule has 0 aromatic carbocycles. The lowest BCUT2D eigenvalue weighted by atomic mass is 10.1. The molecule has 1 aromatic heterocycles. The minimum Gasteiger partial charge on any atom is -0.468 e. The fourth-order valence-corrected chi connectivity index (χ4v) is 2.27. The summed E-state index contributed by atoms with van der Waals surface area (Å²) in [4.78, 5) is 0. The molecule has 92 valence electrons. The fraction of sp³-hybridized carbons (Fsp3) is 0.692. The highest BCUT2D eigenvalue weighted by molar-refractivity contribution is 7.98. The summed E-state index contributed by atoms with van der Waals surface area (Å²) < 4.78 is 5.26. The van der Waals surface area contributed by atoms with Gasteiger partial charge in [0.1, 0.15) is 5.76 Å². The molecule has 0 radical (unpaired) electrons. The normalized spacial score (nSPS) is 11.2. The van der Waals surface area contributed by atoms with Crippen molar-refractivity contribution in [2.45, 2.75) is 32.4 Å². The van der Waals surface area contributed by atoms with Gasteiger partial charge in [-0.1, -0.05) is 13.8 Å². The van der Waals surface area contributed by atoms with Crippen LogP contribution in [-0.4, -0.2) is 18.8 Å². The van der Waals surface area contributed by atoms with Gasteiger partial charge in [0.15, 0.2) is 0 Å². The number of furan rings is 1. The molecular formula is C13H23NOS. The van der Waals surface area contributed by atoms with Crippen molar-refractivity contribution in [3.63, 3.8) is 0 Å². The van der Waals surface area contributed by atoms with Crippen molar-refractivity contribution in [2.24, 2.45) is 5.92 Å². The van der Waals surface area contributed by atoms with Crippen LogP contribution in [0.3, 0.4) is 0 Å². The molecule has 16 heavy (non-hydrogen) atoms. The van der Waals surface area contributed by atoms with Crippen molar-refractivity contribution in [2.75, 3.05) is 18.8 Å². The zero-order valence-corrected chi connectivity index (χ0v) is 11.2. The lowest BCUT2D eigenvalue weighted by molar-refractivity contribution is 0.529. The molecule has 0 aliphatic heterocycles. The highest BCUT2D eigenvalue weighted by Crippen LogP contribution is 2.11. The third-order valence-electron chi connectivity index (χ3n) is 2.38. The first-order chi connectivity index (χ1) is 7.79. The molecule has 0 aliphatic carbocycles. The fourth-order valence-electron chi connectivity index (χ4n) is 1.47. The van der Waals surface area contributed by atoms with Crippen molar-refractivity contribution < 1.29 is 4.42 Å². The molecule has 1 heterocycles. The maximum atomic E-state index is 5.26. The van der Waals surface area contributed by atoms with Gasteiger partial charge in [0, 0.05) is 12.3 Å². The minimum absolute atomic E-state index is 0.829. The molecule has 0 spiro atoms. The van der Waals surface area contributed by atoms with Gasteiger partial charge in [-0.2, -0.15) is 11.8 Å². The largest absolute Gasteiger partial charge is 0.468 e. The number of thioether (sulfide) groups is 1. The molecule has 0 bridgehead atoms. The summed E-state index contributed by atoms with van der Waals surface area (Å²) in [6.45, 7) is 6.81. The van der Waals surface area contributed by atoms with Crippen molar-refractivity contribution in [1.82, 2.24) is 5.32 Å². The number of rotatable bonds is 9. The van der Waals surface area contributed by atoms with Crippen molar-refractivity contribution in [1.29, 1.82) is 0 Å². The third kappa shape index (κ3) is 6.96. The van der Waals surface area contributed by atoms with Crippen molar-refractivity contribution in [3.8, 4) is 0 Å². The van der Waals surface area contributed by atoms with Gasteiger partial charge in [0.05, 0.1) is 12.0 Å². The van der Waals surface area contributed by atoms with E-state index in [0.29, 0.717) is 0 Å². The highest BCUT2D eigenvalue weighted by Gasteiger charge is 1.96. The van der Waals surface area contributed by atoms with Crippen LogP contribution in [0, 0.1) is 5.92 Å². The Hall–Kier alpha value is -0.410. The number of hydrogen-bond donors (Lipinski definition) is 1. The Bertz CT molecular complexity index is 246. The second kappa shape index (κ2) is 8.71. The molecule has 0 fully saturated rings. The Morgan fingerprint density at radius 2 is 2.25 bits per heavy atom. The Labute approximate surface area is 103 Å². The van der Waals surface area contributed by atoms with Gasteiger partial charge in [-0.05, 0) is 37.4 Å². The van der Waals surface area contributed by atoms with E-state index in [1.165, 1.54) is 12.8 Å². The number of nitrogens with one attached hydrogen (secondary N) is 1. The maximum Gasteiger partial charge on any atom is 0.113 e. The van der Waals surface area contributed by atoms with Gasteiger partial charge in [0.2, 0.25) is 0 Å². The van der Waals surface area contributed by atoms with E-state index in [2.05, 4.69) is 19.2 Å². The molecular weight excluding hydrogens is 218 g/mol. The summed E-state index contributed by atoms with van der Waals surface area (Å²) in [6, 6.07) is 3.98. The van der Waals surface area contributed by atoms with Gasteiger partial charge < -0.3 is 9.73 Å². The monoisotopic (exact) mass is 241 g/mol. The van der Waals surface area contributed by atoms with Gasteiger partial charge >= 0.3 is 0 Å². The van der Waals surface area contributed by atoms with Gasteiger partial charge in [-0.15, -0.1) is 0 Å². The molecule has 0 unspecified atom stereocenters. The lowest BCUT2D eigenvalue weighted by Gasteiger charge is -2.06. The molecule has 1 aromatic rings. The Morgan fingerprint density at radius 3 is 2.94 bits per heavy atom. The van der Waals surface area contributed by atoms with Crippen LogP contribution in [0.25, 0.3) is 0 Å². The van der Waals surface area contributed by atoms with E-state index in [1.54, 1.807) is 6.26 Å². The number of hydrogen-bond acceptors (Lipinski definition) is 3. The van der Waals surface area contributed by atoms with E-state index in [0.717, 1.165) is 36.3 Å². The lowest BCUT2D eigenvalue weighted by Crippen LogP contribution is -2.18. The first-order valence-corrected chi connectivity index (χ1v) is 7.25. The molecule has 0 atom stereocenters. The topological polar surface area (TPSA) is 25.2 Å². The molecule has 1 rings (SSSR count). The summed E-state index contributed by atoms with van der Waals surface area (Å²) in [5.41, 5.74) is 0. The molecule has 3 heteroatoms. The molecule has 1 N–H and O–H groups in total. The van der Waals surface area contributed by atoms with Crippen molar-refractivity contribution >= 4 is 11.8 Å². The molecule has 0 amide bonds. The first kappa shape index (κ1) is 13.7. The van der Waals surface area contributed by atoms with Crippen LogP contribution >= 0.6 is 11.8 Å². The molecule has 0 saturated heterocycles. The summed E-state index contributed by atoms with van der Waals surface area (Å²) in [6.07, 6.45) is 4.35. The average Bonchev–Trinajstić information content (AvgIpc) is 2.74. The van der Waals surface area contributed by atoms with E-state index >= 15 is 0 Å². The summed E-state index contributed by atoms with van der Waals surface area (Å²) in [5.74, 6) is 4.04. The van der Waals surface area contributed by atoms with Gasteiger partial charge in [-0.25, -0.2) is 0 Å². The minimum atomic E-state index is 0.829. The van der Waals surface area contributed by atoms with Crippen LogP contribution in [0.15, 0.2) is 22.8 Å². The van der Waals surface area contributed by atoms with Gasteiger partial charge in [0.25, 0.3) is 0 Å². The van der Waals surface area contributed by atoms with E-state index in [9.17, 15) is 0 Å². The zero-order chi connectivity index (χ0) is 11.6. The average molecular weight is 241 g/mol. The smallest absolute Gasteiger partial charge is 0.113 e. The Kier molecular flexibility index (Phi) is 7.43. The van der Waals surface area contributed by atoms with Crippen LogP contribution in [0.1, 0.15) is 32.4 Å². The highest BCUT2D eigenvalue weighted by atomic mass is 32.2. The van der Waals surface area contributed by atoms with Crippen LogP contribution in [0.4, 0.5) is 0 Å². The molecule has 2 nitrogen and oxygen atoms in total. The van der Waals surface area contributed by atoms with E-state index in [-0.39, 0.29) is 0 Å². The van der Waals surface area contributed by atoms with Crippen LogP contribution < -0.4 is 5.32 Å². The van der Waals surface area contributed by atoms with Gasteiger partial charge in [-0.3, -0.25) is 0 Å². The summed E-state index contributed by atoms with van der Waals surface area (Å²) in [7, 11) is 0. The van der Waals surface area contributed by atoms with Crippen LogP contribution in [0.5, 0.6) is 0 Å². The predicted octanol–water partition coefficient (Wildman–Crippen LogP) is 3.54. The molecule has 0 aliphatic rings. The van der Waals surface area contributed by atoms with E-state index in [1.807, 2.05) is 23.9 Å². The van der Waals surface area contributed by atoms with E-state index in [4.69, 9.17) is 4.42 Å². The Balaban J connectivity index is 1.82. The molecule has 0 saturated carbocycles. The summed E-state index contributed by atoms with van der Waals surface area (Å²) >= 11 is 1.92. The standard InChI is InChI=1S/C13H23NOS/c1-12(2)5-3-7-14-8-10-16-11-13-6-4-9-15-13/h4,6,9,12,14H,3,5,7-8,10-11H2,1-2H3. The zero-order valence-electron chi connectivity index (χ0n) is 10.4. The van der Waals surface area contributed by atoms with Crippen LogP contribution in [0.2, 0.25) is 0 Å². The van der Waals surface area contributed by atoms with Crippen molar-refractivity contribution in [3.05, 3.63) is 24.2 Å². The Morgan fingerprint density at radius 1 is 1.38 bits per heavy atom. The summed E-state index contributed by atoms with van der Waals surface area (Å²) in [5, 5.41) is 3.47. The maximum absolute atomic E-state index is 5.26. The third-order valence-corrected chi connectivity index (χ3v) is 3.36. The second-order valence-electron chi connectivity index (χ2n) is 4.42. The second-order valence-corrected chi connectivity index (χ2v) is 5.52.